The zero-order valence-electron chi connectivity index (χ0n) is 8.76. The Morgan fingerprint density at radius 2 is 2.00 bits per heavy atom. The predicted octanol–water partition coefficient (Wildman–Crippen LogP) is 3.77. The van der Waals surface area contributed by atoms with E-state index in [0.29, 0.717) is 11.9 Å². The molecule has 1 rings (SSSR count). The molecule has 0 fully saturated rings. The Kier molecular flexibility index (Phi) is 7.40. The lowest BCUT2D eigenvalue weighted by atomic mass is 10.0. The number of hydrogen-bond donors (Lipinski definition) is 1. The topological polar surface area (TPSA) is 12.0 Å². The van der Waals surface area contributed by atoms with Crippen LogP contribution >= 0.6 is 34.2 Å². The van der Waals surface area contributed by atoms with E-state index in [-0.39, 0.29) is 0 Å². The molecule has 0 spiro atoms. The van der Waals surface area contributed by atoms with E-state index >= 15 is 0 Å². The minimum atomic E-state index is 0.458. The standard InChI is InChI=1S/C12H17ClIN/c13-8-10-15-12(7-4-9-14)11-5-2-1-3-6-11/h1-3,5-6,12,15H,4,7-10H2. The molecular formula is C12H17ClIN. The van der Waals surface area contributed by atoms with Crippen molar-refractivity contribution in [1.29, 1.82) is 0 Å². The zero-order chi connectivity index (χ0) is 10.9. The molecule has 0 bridgehead atoms. The number of hydrogen-bond acceptors (Lipinski definition) is 1. The normalized spacial score (nSPS) is 12.7. The molecule has 1 aromatic carbocycles. The van der Waals surface area contributed by atoms with Gasteiger partial charge in [0.25, 0.3) is 0 Å². The summed E-state index contributed by atoms with van der Waals surface area (Å²) in [6.45, 7) is 0.877. The van der Waals surface area contributed by atoms with Crippen molar-refractivity contribution in [2.75, 3.05) is 16.9 Å². The van der Waals surface area contributed by atoms with Crippen molar-refractivity contribution in [3.8, 4) is 0 Å². The molecule has 1 atom stereocenters. The van der Waals surface area contributed by atoms with E-state index < -0.39 is 0 Å². The average Bonchev–Trinajstić information content (AvgIpc) is 2.30. The van der Waals surface area contributed by atoms with Gasteiger partial charge in [0.1, 0.15) is 0 Å². The summed E-state index contributed by atoms with van der Waals surface area (Å²) >= 11 is 8.13. The monoisotopic (exact) mass is 337 g/mol. The quantitative estimate of drug-likeness (QED) is 0.590. The molecule has 0 radical (unpaired) electrons. The molecule has 0 heterocycles. The first-order chi connectivity index (χ1) is 7.38. The highest BCUT2D eigenvalue weighted by molar-refractivity contribution is 14.1. The van der Waals surface area contributed by atoms with Crippen molar-refractivity contribution in [1.82, 2.24) is 5.32 Å². The number of rotatable bonds is 7. The predicted molar refractivity (Wildman–Crippen MR) is 76.0 cm³/mol. The lowest BCUT2D eigenvalue weighted by Crippen LogP contribution is -2.23. The second kappa shape index (κ2) is 8.36. The first kappa shape index (κ1) is 13.3. The number of halogens is 2. The SMILES string of the molecule is ClCCNC(CCCI)c1ccccc1. The lowest BCUT2D eigenvalue weighted by Gasteiger charge is -2.18. The van der Waals surface area contributed by atoms with Crippen LogP contribution in [-0.4, -0.2) is 16.9 Å². The van der Waals surface area contributed by atoms with E-state index in [1.54, 1.807) is 0 Å². The molecule has 1 unspecified atom stereocenters. The highest BCUT2D eigenvalue weighted by Crippen LogP contribution is 2.18. The zero-order valence-corrected chi connectivity index (χ0v) is 11.7. The fourth-order valence-electron chi connectivity index (χ4n) is 1.58. The average molecular weight is 338 g/mol. The van der Waals surface area contributed by atoms with Crippen molar-refractivity contribution < 1.29 is 0 Å². The molecule has 0 saturated heterocycles. The molecule has 0 saturated carbocycles. The van der Waals surface area contributed by atoms with Gasteiger partial charge >= 0.3 is 0 Å². The van der Waals surface area contributed by atoms with Gasteiger partial charge in [-0.2, -0.15) is 0 Å². The van der Waals surface area contributed by atoms with Crippen LogP contribution in [0.25, 0.3) is 0 Å². The van der Waals surface area contributed by atoms with E-state index in [4.69, 9.17) is 11.6 Å². The van der Waals surface area contributed by atoms with E-state index in [0.717, 1.165) is 6.54 Å². The molecule has 0 amide bonds. The summed E-state index contributed by atoms with van der Waals surface area (Å²) in [5.74, 6) is 0.674. The Labute approximate surface area is 111 Å². The summed E-state index contributed by atoms with van der Waals surface area (Å²) in [5, 5.41) is 3.49. The third kappa shape index (κ3) is 5.18. The van der Waals surface area contributed by atoms with Crippen LogP contribution in [-0.2, 0) is 0 Å². The van der Waals surface area contributed by atoms with Crippen LogP contribution in [0.4, 0.5) is 0 Å². The van der Waals surface area contributed by atoms with Gasteiger partial charge < -0.3 is 5.32 Å². The van der Waals surface area contributed by atoms with Crippen molar-refractivity contribution in [2.24, 2.45) is 0 Å². The van der Waals surface area contributed by atoms with Crippen molar-refractivity contribution in [3.63, 3.8) is 0 Å². The van der Waals surface area contributed by atoms with Gasteiger partial charge in [0.15, 0.2) is 0 Å². The third-order valence-electron chi connectivity index (χ3n) is 2.31. The maximum atomic E-state index is 5.70. The minimum absolute atomic E-state index is 0.458. The van der Waals surface area contributed by atoms with Crippen LogP contribution < -0.4 is 5.32 Å². The van der Waals surface area contributed by atoms with Gasteiger partial charge in [0.05, 0.1) is 0 Å². The van der Waals surface area contributed by atoms with Gasteiger partial charge in [0, 0.05) is 18.5 Å². The van der Waals surface area contributed by atoms with Crippen LogP contribution in [0.5, 0.6) is 0 Å². The smallest absolute Gasteiger partial charge is 0.0348 e. The maximum Gasteiger partial charge on any atom is 0.0348 e. The Morgan fingerprint density at radius 1 is 1.27 bits per heavy atom. The molecule has 1 nitrogen and oxygen atoms in total. The highest BCUT2D eigenvalue weighted by Gasteiger charge is 2.08. The molecule has 1 aromatic rings. The number of alkyl halides is 2. The Morgan fingerprint density at radius 3 is 2.60 bits per heavy atom. The fourth-order valence-corrected chi connectivity index (χ4v) is 2.13. The molecule has 3 heteroatoms. The summed E-state index contributed by atoms with van der Waals surface area (Å²) in [6, 6.07) is 11.1. The van der Waals surface area contributed by atoms with Crippen molar-refractivity contribution >= 4 is 34.2 Å². The first-order valence-electron chi connectivity index (χ1n) is 5.28. The summed E-state index contributed by atoms with van der Waals surface area (Å²) in [6.07, 6.45) is 2.43. The van der Waals surface area contributed by atoms with Gasteiger partial charge in [-0.25, -0.2) is 0 Å². The van der Waals surface area contributed by atoms with Crippen LogP contribution in [0.2, 0.25) is 0 Å². The van der Waals surface area contributed by atoms with Crippen LogP contribution in [0.1, 0.15) is 24.4 Å². The van der Waals surface area contributed by atoms with E-state index in [1.807, 2.05) is 0 Å². The highest BCUT2D eigenvalue weighted by atomic mass is 127. The Balaban J connectivity index is 2.55. The second-order valence-electron chi connectivity index (χ2n) is 3.44. The third-order valence-corrected chi connectivity index (χ3v) is 3.27. The summed E-state index contributed by atoms with van der Waals surface area (Å²) in [7, 11) is 0. The van der Waals surface area contributed by atoms with Crippen LogP contribution in [0, 0.1) is 0 Å². The summed E-state index contributed by atoms with van der Waals surface area (Å²) in [5.41, 5.74) is 1.37. The van der Waals surface area contributed by atoms with Gasteiger partial charge in [-0.15, -0.1) is 11.6 Å². The van der Waals surface area contributed by atoms with Crippen molar-refractivity contribution in [3.05, 3.63) is 35.9 Å². The Hall–Kier alpha value is 0.200. The Bertz CT molecular complexity index is 245. The maximum absolute atomic E-state index is 5.70. The van der Waals surface area contributed by atoms with Crippen molar-refractivity contribution in [2.45, 2.75) is 18.9 Å². The molecular weight excluding hydrogens is 320 g/mol. The second-order valence-corrected chi connectivity index (χ2v) is 4.89. The van der Waals surface area contributed by atoms with E-state index in [2.05, 4.69) is 58.2 Å². The summed E-state index contributed by atoms with van der Waals surface area (Å²) in [4.78, 5) is 0. The lowest BCUT2D eigenvalue weighted by molar-refractivity contribution is 0.514. The first-order valence-corrected chi connectivity index (χ1v) is 7.34. The van der Waals surface area contributed by atoms with E-state index in [9.17, 15) is 0 Å². The van der Waals surface area contributed by atoms with Gasteiger partial charge in [-0.3, -0.25) is 0 Å². The molecule has 1 N–H and O–H groups in total. The molecule has 0 aliphatic carbocycles. The van der Waals surface area contributed by atoms with Crippen LogP contribution in [0.15, 0.2) is 30.3 Å². The molecule has 84 valence electrons. The fraction of sp³-hybridized carbons (Fsp3) is 0.500. The molecule has 0 aliphatic rings. The van der Waals surface area contributed by atoms with Gasteiger partial charge in [0.2, 0.25) is 0 Å². The molecule has 0 aliphatic heterocycles. The number of nitrogens with one attached hydrogen (secondary N) is 1. The van der Waals surface area contributed by atoms with Crippen LogP contribution in [0.3, 0.4) is 0 Å². The summed E-state index contributed by atoms with van der Waals surface area (Å²) < 4.78 is 1.21. The number of benzene rings is 1. The van der Waals surface area contributed by atoms with E-state index in [1.165, 1.54) is 22.8 Å². The largest absolute Gasteiger partial charge is 0.309 e. The minimum Gasteiger partial charge on any atom is -0.309 e. The van der Waals surface area contributed by atoms with Gasteiger partial charge in [-0.05, 0) is 22.8 Å². The molecule has 0 aromatic heterocycles. The molecule has 15 heavy (non-hydrogen) atoms. The van der Waals surface area contributed by atoms with Gasteiger partial charge in [-0.1, -0.05) is 52.9 Å².